The Hall–Kier alpha value is -3.50. The third-order valence-electron chi connectivity index (χ3n) is 3.70. The topological polar surface area (TPSA) is 89.2 Å². The number of hydrogen-bond acceptors (Lipinski definition) is 5. The number of halogens is 1. The lowest BCUT2D eigenvalue weighted by molar-refractivity contribution is 0.155. The Kier molecular flexibility index (Phi) is 5.59. The Morgan fingerprint density at radius 3 is 2.74 bits per heavy atom. The molecule has 1 heterocycles. The van der Waals surface area contributed by atoms with Gasteiger partial charge in [0.15, 0.2) is 5.82 Å². The smallest absolute Gasteiger partial charge is 0.413 e. The van der Waals surface area contributed by atoms with Crippen molar-refractivity contribution in [3.8, 4) is 17.5 Å². The minimum absolute atomic E-state index is 0.108. The molecule has 1 aromatic heterocycles. The Labute approximate surface area is 160 Å². The molecule has 0 aliphatic heterocycles. The van der Waals surface area contributed by atoms with Gasteiger partial charge in [0.1, 0.15) is 24.0 Å². The molecule has 0 saturated carbocycles. The van der Waals surface area contributed by atoms with Crippen LogP contribution in [0.3, 0.4) is 0 Å². The summed E-state index contributed by atoms with van der Waals surface area (Å²) in [4.78, 5) is 12.2. The first kappa shape index (κ1) is 18.3. The molecule has 0 saturated heterocycles. The Bertz CT molecular complexity index is 996. The maximum Gasteiger partial charge on any atom is 0.413 e. The van der Waals surface area contributed by atoms with Crippen LogP contribution in [-0.4, -0.2) is 23.0 Å². The van der Waals surface area contributed by atoms with Crippen LogP contribution in [0.1, 0.15) is 11.1 Å². The molecule has 1 N–H and O–H groups in total. The minimum atomic E-state index is -0.697. The summed E-state index contributed by atoms with van der Waals surface area (Å²) in [7, 11) is 1.51. The van der Waals surface area contributed by atoms with Crippen LogP contribution in [0.2, 0.25) is 5.02 Å². The van der Waals surface area contributed by atoms with Crippen LogP contribution in [0.4, 0.5) is 10.6 Å². The van der Waals surface area contributed by atoms with Gasteiger partial charge in [0.05, 0.1) is 24.0 Å². The van der Waals surface area contributed by atoms with Crippen molar-refractivity contribution in [1.82, 2.24) is 9.78 Å². The summed E-state index contributed by atoms with van der Waals surface area (Å²) in [5.74, 6) is 0.696. The predicted molar refractivity (Wildman–Crippen MR) is 100 cm³/mol. The first-order chi connectivity index (χ1) is 13.1. The highest BCUT2D eigenvalue weighted by Crippen LogP contribution is 2.28. The molecule has 0 spiro atoms. The third kappa shape index (κ3) is 4.19. The Balaban J connectivity index is 1.81. The zero-order chi connectivity index (χ0) is 19.2. The first-order valence-corrected chi connectivity index (χ1v) is 8.30. The van der Waals surface area contributed by atoms with Crippen LogP contribution >= 0.6 is 11.6 Å². The van der Waals surface area contributed by atoms with Crippen molar-refractivity contribution in [1.29, 1.82) is 5.26 Å². The number of nitrogens with zero attached hydrogens (tertiary/aromatic N) is 3. The molecule has 1 amide bonds. The second kappa shape index (κ2) is 8.25. The number of aromatic nitrogens is 2. The number of nitrogens with one attached hydrogen (secondary N) is 1. The van der Waals surface area contributed by atoms with Crippen molar-refractivity contribution < 1.29 is 14.3 Å². The maximum absolute atomic E-state index is 12.2. The molecular formula is C19H15ClN4O3. The number of benzene rings is 2. The number of rotatable bonds is 5. The zero-order valence-corrected chi connectivity index (χ0v) is 15.1. The van der Waals surface area contributed by atoms with Gasteiger partial charge < -0.3 is 9.47 Å². The van der Waals surface area contributed by atoms with Crippen LogP contribution in [0.15, 0.2) is 54.7 Å². The average molecular weight is 383 g/mol. The van der Waals surface area contributed by atoms with Crippen molar-refractivity contribution in [2.45, 2.75) is 6.61 Å². The normalized spacial score (nSPS) is 10.1. The SMILES string of the molecule is COc1ccc(-n2ncc(C#N)c2NC(=O)OCc2ccccc2)cc1Cl. The number of nitriles is 1. The molecule has 0 bridgehead atoms. The van der Waals surface area contributed by atoms with Gasteiger partial charge in [-0.3, -0.25) is 5.32 Å². The summed E-state index contributed by atoms with van der Waals surface area (Å²) in [5, 5.41) is 16.4. The summed E-state index contributed by atoms with van der Waals surface area (Å²) in [6.07, 6.45) is 0.655. The number of carbonyl (C=O) groups excluding carboxylic acids is 1. The summed E-state index contributed by atoms with van der Waals surface area (Å²) in [6, 6.07) is 16.3. The number of hydrogen-bond donors (Lipinski definition) is 1. The molecule has 136 valence electrons. The fourth-order valence-corrected chi connectivity index (χ4v) is 2.64. The second-order valence-corrected chi connectivity index (χ2v) is 5.84. The zero-order valence-electron chi connectivity index (χ0n) is 14.3. The van der Waals surface area contributed by atoms with Crippen molar-refractivity contribution >= 4 is 23.5 Å². The number of methoxy groups -OCH3 is 1. The summed E-state index contributed by atoms with van der Waals surface area (Å²) < 4.78 is 11.7. The molecule has 3 rings (SSSR count). The molecule has 0 fully saturated rings. The van der Waals surface area contributed by atoms with Crippen molar-refractivity contribution in [2.24, 2.45) is 0 Å². The van der Waals surface area contributed by atoms with E-state index >= 15 is 0 Å². The largest absolute Gasteiger partial charge is 0.495 e. The highest BCUT2D eigenvalue weighted by atomic mass is 35.5. The van der Waals surface area contributed by atoms with E-state index in [9.17, 15) is 10.1 Å². The lowest BCUT2D eigenvalue weighted by Crippen LogP contribution is -2.17. The van der Waals surface area contributed by atoms with E-state index in [0.717, 1.165) is 5.56 Å². The van der Waals surface area contributed by atoms with E-state index in [-0.39, 0.29) is 18.0 Å². The van der Waals surface area contributed by atoms with Crippen LogP contribution in [0, 0.1) is 11.3 Å². The monoisotopic (exact) mass is 382 g/mol. The maximum atomic E-state index is 12.2. The minimum Gasteiger partial charge on any atom is -0.495 e. The fourth-order valence-electron chi connectivity index (χ4n) is 2.39. The third-order valence-corrected chi connectivity index (χ3v) is 4.00. The molecule has 8 heteroatoms. The van der Waals surface area contributed by atoms with E-state index in [1.807, 2.05) is 36.4 Å². The van der Waals surface area contributed by atoms with Crippen molar-refractivity contribution in [3.05, 3.63) is 70.9 Å². The van der Waals surface area contributed by atoms with Gasteiger partial charge in [0, 0.05) is 0 Å². The lowest BCUT2D eigenvalue weighted by atomic mass is 10.2. The van der Waals surface area contributed by atoms with Gasteiger partial charge in [-0.25, -0.2) is 9.48 Å². The van der Waals surface area contributed by atoms with E-state index in [2.05, 4.69) is 10.4 Å². The van der Waals surface area contributed by atoms with E-state index in [1.54, 1.807) is 18.2 Å². The van der Waals surface area contributed by atoms with Crippen LogP contribution < -0.4 is 10.1 Å². The van der Waals surface area contributed by atoms with E-state index in [4.69, 9.17) is 21.1 Å². The van der Waals surface area contributed by atoms with Gasteiger partial charge in [-0.05, 0) is 23.8 Å². The number of amides is 1. The van der Waals surface area contributed by atoms with E-state index < -0.39 is 6.09 Å². The molecule has 27 heavy (non-hydrogen) atoms. The van der Waals surface area contributed by atoms with Crippen molar-refractivity contribution in [2.75, 3.05) is 12.4 Å². The van der Waals surface area contributed by atoms with Gasteiger partial charge in [-0.2, -0.15) is 10.4 Å². The molecule has 0 aliphatic rings. The number of anilines is 1. The van der Waals surface area contributed by atoms with Crippen molar-refractivity contribution in [3.63, 3.8) is 0 Å². The lowest BCUT2D eigenvalue weighted by Gasteiger charge is -2.11. The first-order valence-electron chi connectivity index (χ1n) is 7.92. The van der Waals surface area contributed by atoms with Crippen LogP contribution in [0.25, 0.3) is 5.69 Å². The molecule has 0 radical (unpaired) electrons. The quantitative estimate of drug-likeness (QED) is 0.715. The number of ether oxygens (including phenoxy) is 2. The van der Waals surface area contributed by atoms with E-state index in [0.29, 0.717) is 16.5 Å². The van der Waals surface area contributed by atoms with Gasteiger partial charge in [-0.15, -0.1) is 0 Å². The summed E-state index contributed by atoms with van der Waals surface area (Å²) >= 11 is 6.15. The van der Waals surface area contributed by atoms with Crippen LogP contribution in [-0.2, 0) is 11.3 Å². The molecule has 0 atom stereocenters. The molecule has 0 unspecified atom stereocenters. The molecule has 3 aromatic rings. The molecule has 2 aromatic carbocycles. The highest BCUT2D eigenvalue weighted by Gasteiger charge is 2.17. The van der Waals surface area contributed by atoms with Gasteiger partial charge >= 0.3 is 6.09 Å². The molecular weight excluding hydrogens is 368 g/mol. The predicted octanol–water partition coefficient (Wildman–Crippen LogP) is 4.15. The molecule has 0 aliphatic carbocycles. The number of carbonyl (C=O) groups is 1. The van der Waals surface area contributed by atoms with Crippen LogP contribution in [0.5, 0.6) is 5.75 Å². The summed E-state index contributed by atoms with van der Waals surface area (Å²) in [6.45, 7) is 0.108. The summed E-state index contributed by atoms with van der Waals surface area (Å²) in [5.41, 5.74) is 1.60. The van der Waals surface area contributed by atoms with E-state index in [1.165, 1.54) is 18.0 Å². The highest BCUT2D eigenvalue weighted by molar-refractivity contribution is 6.32. The Morgan fingerprint density at radius 1 is 1.30 bits per heavy atom. The standard InChI is InChI=1S/C19H15ClN4O3/c1-26-17-8-7-15(9-16(17)20)24-18(14(10-21)11-22-24)23-19(25)27-12-13-5-3-2-4-6-13/h2-9,11H,12H2,1H3,(H,23,25). The average Bonchev–Trinajstić information content (AvgIpc) is 3.09. The molecule has 7 nitrogen and oxygen atoms in total. The van der Waals surface area contributed by atoms with Gasteiger partial charge in [-0.1, -0.05) is 41.9 Å². The fraction of sp³-hybridized carbons (Fsp3) is 0.105. The van der Waals surface area contributed by atoms with Gasteiger partial charge in [0.2, 0.25) is 0 Å². The van der Waals surface area contributed by atoms with Gasteiger partial charge in [0.25, 0.3) is 0 Å². The second-order valence-electron chi connectivity index (χ2n) is 5.44. The Morgan fingerprint density at radius 2 is 2.07 bits per heavy atom.